The SMILES string of the molecule is Cc1nn(C)c(C)c1Oc1cccc(Br)c1/C(N)=N/O. The van der Waals surface area contributed by atoms with Crippen molar-refractivity contribution in [3.8, 4) is 11.5 Å². The van der Waals surface area contributed by atoms with Crippen molar-refractivity contribution in [1.29, 1.82) is 0 Å². The first-order chi connectivity index (χ1) is 9.45. The van der Waals surface area contributed by atoms with Crippen molar-refractivity contribution in [1.82, 2.24) is 9.78 Å². The Hall–Kier alpha value is -2.02. The third kappa shape index (κ3) is 2.49. The normalized spacial score (nSPS) is 11.7. The van der Waals surface area contributed by atoms with Crippen LogP contribution in [-0.2, 0) is 7.05 Å². The maximum atomic E-state index is 8.89. The summed E-state index contributed by atoms with van der Waals surface area (Å²) < 4.78 is 8.34. The molecule has 0 aliphatic carbocycles. The number of aromatic nitrogens is 2. The van der Waals surface area contributed by atoms with Gasteiger partial charge in [-0.15, -0.1) is 0 Å². The molecule has 0 saturated heterocycles. The molecule has 20 heavy (non-hydrogen) atoms. The summed E-state index contributed by atoms with van der Waals surface area (Å²) in [5.74, 6) is 1.14. The Morgan fingerprint density at radius 3 is 2.70 bits per heavy atom. The molecule has 0 radical (unpaired) electrons. The van der Waals surface area contributed by atoms with Gasteiger partial charge in [0.05, 0.1) is 11.3 Å². The zero-order valence-corrected chi connectivity index (χ0v) is 13.0. The van der Waals surface area contributed by atoms with E-state index in [0.29, 0.717) is 21.5 Å². The Kier molecular flexibility index (Phi) is 3.99. The van der Waals surface area contributed by atoms with Gasteiger partial charge in [-0.3, -0.25) is 4.68 Å². The zero-order valence-electron chi connectivity index (χ0n) is 11.4. The van der Waals surface area contributed by atoms with Crippen LogP contribution in [0, 0.1) is 13.8 Å². The fourth-order valence-corrected chi connectivity index (χ4v) is 2.45. The average Bonchev–Trinajstić information content (AvgIpc) is 2.65. The van der Waals surface area contributed by atoms with Crippen LogP contribution >= 0.6 is 15.9 Å². The molecule has 1 aromatic carbocycles. The Balaban J connectivity index is 2.52. The van der Waals surface area contributed by atoms with E-state index < -0.39 is 0 Å². The van der Waals surface area contributed by atoms with E-state index in [0.717, 1.165) is 11.4 Å². The van der Waals surface area contributed by atoms with Crippen LogP contribution in [0.5, 0.6) is 11.5 Å². The monoisotopic (exact) mass is 338 g/mol. The lowest BCUT2D eigenvalue weighted by Gasteiger charge is -2.12. The summed E-state index contributed by atoms with van der Waals surface area (Å²) >= 11 is 3.37. The van der Waals surface area contributed by atoms with Crippen LogP contribution in [0.25, 0.3) is 0 Å². The first-order valence-corrected chi connectivity index (χ1v) is 6.69. The third-order valence-corrected chi connectivity index (χ3v) is 3.65. The summed E-state index contributed by atoms with van der Waals surface area (Å²) in [7, 11) is 1.85. The largest absolute Gasteiger partial charge is 0.453 e. The van der Waals surface area contributed by atoms with Crippen molar-refractivity contribution < 1.29 is 9.94 Å². The van der Waals surface area contributed by atoms with E-state index in [2.05, 4.69) is 26.2 Å². The van der Waals surface area contributed by atoms with Gasteiger partial charge in [0.2, 0.25) is 0 Å². The van der Waals surface area contributed by atoms with Crippen molar-refractivity contribution in [3.63, 3.8) is 0 Å². The minimum Gasteiger partial charge on any atom is -0.453 e. The van der Waals surface area contributed by atoms with E-state index >= 15 is 0 Å². The van der Waals surface area contributed by atoms with Crippen LogP contribution < -0.4 is 10.5 Å². The molecule has 0 fully saturated rings. The number of hydrogen-bond donors (Lipinski definition) is 2. The number of amidine groups is 1. The summed E-state index contributed by atoms with van der Waals surface area (Å²) in [6, 6.07) is 5.36. The second kappa shape index (κ2) is 5.54. The molecule has 2 aromatic rings. The fraction of sp³-hybridized carbons (Fsp3) is 0.231. The first-order valence-electron chi connectivity index (χ1n) is 5.90. The number of ether oxygens (including phenoxy) is 1. The highest BCUT2D eigenvalue weighted by molar-refractivity contribution is 9.10. The zero-order chi connectivity index (χ0) is 14.9. The Labute approximate surface area is 125 Å². The number of hydrogen-bond acceptors (Lipinski definition) is 4. The van der Waals surface area contributed by atoms with Gasteiger partial charge in [-0.25, -0.2) is 0 Å². The molecule has 0 bridgehead atoms. The third-order valence-electron chi connectivity index (χ3n) is 2.99. The van der Waals surface area contributed by atoms with Crippen LogP contribution in [0.1, 0.15) is 17.0 Å². The number of aryl methyl sites for hydroxylation is 2. The predicted octanol–water partition coefficient (Wildman–Crippen LogP) is 2.69. The minimum absolute atomic E-state index is 0.0216. The van der Waals surface area contributed by atoms with Gasteiger partial charge in [-0.1, -0.05) is 11.2 Å². The van der Waals surface area contributed by atoms with Crippen LogP contribution in [-0.4, -0.2) is 20.8 Å². The molecular formula is C13H15BrN4O2. The highest BCUT2D eigenvalue weighted by Gasteiger charge is 2.17. The van der Waals surface area contributed by atoms with Gasteiger partial charge in [0.25, 0.3) is 0 Å². The van der Waals surface area contributed by atoms with Crippen LogP contribution in [0.4, 0.5) is 0 Å². The lowest BCUT2D eigenvalue weighted by atomic mass is 10.2. The number of nitrogens with two attached hydrogens (primary N) is 1. The molecule has 6 nitrogen and oxygen atoms in total. The van der Waals surface area contributed by atoms with Gasteiger partial charge in [0.15, 0.2) is 11.6 Å². The van der Waals surface area contributed by atoms with Gasteiger partial charge < -0.3 is 15.7 Å². The molecular weight excluding hydrogens is 324 g/mol. The average molecular weight is 339 g/mol. The Morgan fingerprint density at radius 1 is 1.45 bits per heavy atom. The standard InChI is InChI=1S/C13H15BrN4O2/c1-7-12(8(2)18(3)16-7)20-10-6-4-5-9(14)11(10)13(15)17-19/h4-6,19H,1-3H3,(H2,15,17). The summed E-state index contributed by atoms with van der Waals surface area (Å²) in [6.45, 7) is 3.78. The number of rotatable bonds is 3. The van der Waals surface area contributed by atoms with Crippen LogP contribution in [0.15, 0.2) is 27.8 Å². The fourth-order valence-electron chi connectivity index (χ4n) is 1.90. The van der Waals surface area contributed by atoms with E-state index in [1.54, 1.807) is 16.8 Å². The van der Waals surface area contributed by atoms with E-state index in [4.69, 9.17) is 15.7 Å². The molecule has 0 aliphatic heterocycles. The van der Waals surface area contributed by atoms with E-state index in [1.807, 2.05) is 27.0 Å². The second-order valence-electron chi connectivity index (χ2n) is 4.32. The van der Waals surface area contributed by atoms with Gasteiger partial charge in [-0.2, -0.15) is 5.10 Å². The molecule has 1 aromatic heterocycles. The minimum atomic E-state index is -0.0216. The summed E-state index contributed by atoms with van der Waals surface area (Å²) in [6.07, 6.45) is 0. The van der Waals surface area contributed by atoms with Crippen molar-refractivity contribution >= 4 is 21.8 Å². The molecule has 0 atom stereocenters. The van der Waals surface area contributed by atoms with E-state index in [9.17, 15) is 0 Å². The van der Waals surface area contributed by atoms with Crippen LogP contribution in [0.3, 0.4) is 0 Å². The number of nitrogens with zero attached hydrogens (tertiary/aromatic N) is 3. The summed E-state index contributed by atoms with van der Waals surface area (Å²) in [5, 5.41) is 16.2. The topological polar surface area (TPSA) is 85.7 Å². The van der Waals surface area contributed by atoms with Crippen molar-refractivity contribution in [2.45, 2.75) is 13.8 Å². The van der Waals surface area contributed by atoms with Crippen LogP contribution in [0.2, 0.25) is 0 Å². The molecule has 0 aliphatic rings. The number of oxime groups is 1. The van der Waals surface area contributed by atoms with Gasteiger partial charge in [-0.05, 0) is 41.9 Å². The Bertz CT molecular complexity index is 679. The molecule has 3 N–H and O–H groups in total. The van der Waals surface area contributed by atoms with Crippen molar-refractivity contribution in [2.75, 3.05) is 0 Å². The highest BCUT2D eigenvalue weighted by atomic mass is 79.9. The lowest BCUT2D eigenvalue weighted by molar-refractivity contribution is 0.318. The van der Waals surface area contributed by atoms with E-state index in [-0.39, 0.29) is 5.84 Å². The maximum Gasteiger partial charge on any atom is 0.175 e. The molecule has 0 amide bonds. The van der Waals surface area contributed by atoms with Crippen molar-refractivity contribution in [2.24, 2.45) is 17.9 Å². The Morgan fingerprint density at radius 2 is 2.15 bits per heavy atom. The summed E-state index contributed by atoms with van der Waals surface area (Å²) in [4.78, 5) is 0. The van der Waals surface area contributed by atoms with Crippen molar-refractivity contribution in [3.05, 3.63) is 39.6 Å². The van der Waals surface area contributed by atoms with E-state index in [1.165, 1.54) is 0 Å². The predicted molar refractivity (Wildman–Crippen MR) is 79.4 cm³/mol. The molecule has 0 spiro atoms. The molecule has 0 unspecified atom stereocenters. The quantitative estimate of drug-likeness (QED) is 0.390. The molecule has 0 saturated carbocycles. The molecule has 2 rings (SSSR count). The molecule has 7 heteroatoms. The molecule has 106 valence electrons. The van der Waals surface area contributed by atoms with Gasteiger partial charge in [0.1, 0.15) is 11.4 Å². The summed E-state index contributed by atoms with van der Waals surface area (Å²) in [5.41, 5.74) is 7.87. The first kappa shape index (κ1) is 14.4. The van der Waals surface area contributed by atoms with Gasteiger partial charge >= 0.3 is 0 Å². The maximum absolute atomic E-state index is 8.89. The second-order valence-corrected chi connectivity index (χ2v) is 5.18. The number of halogens is 1. The smallest absolute Gasteiger partial charge is 0.175 e. The lowest BCUT2D eigenvalue weighted by Crippen LogP contribution is -2.15. The highest BCUT2D eigenvalue weighted by Crippen LogP contribution is 2.33. The van der Waals surface area contributed by atoms with Gasteiger partial charge in [0, 0.05) is 11.5 Å². The molecule has 1 heterocycles. The number of benzene rings is 1.